The largest absolute Gasteiger partial charge is 0.399 e. The summed E-state index contributed by atoms with van der Waals surface area (Å²) in [4.78, 5) is 0.112. The highest BCUT2D eigenvalue weighted by Gasteiger charge is 2.28. The Balaban J connectivity index is 3.26. The fourth-order valence-corrected chi connectivity index (χ4v) is 3.99. The number of nitrogens with two attached hydrogens (primary N) is 1. The quantitative estimate of drug-likeness (QED) is 0.848. The molecule has 1 rings (SSSR count). The highest BCUT2D eigenvalue weighted by Crippen LogP contribution is 2.27. The number of benzene rings is 1. The van der Waals surface area contributed by atoms with E-state index in [0.29, 0.717) is 12.2 Å². The van der Waals surface area contributed by atoms with E-state index >= 15 is 0 Å². The molecule has 0 aliphatic carbocycles. The molecule has 0 aliphatic rings. The second-order valence-corrected chi connectivity index (χ2v) is 6.67. The van der Waals surface area contributed by atoms with E-state index in [2.05, 4.69) is 0 Å². The van der Waals surface area contributed by atoms with Gasteiger partial charge in [-0.1, -0.05) is 18.5 Å². The molecule has 6 heteroatoms. The Bertz CT molecular complexity index is 515. The molecule has 0 unspecified atom stereocenters. The third-order valence-electron chi connectivity index (χ3n) is 2.56. The summed E-state index contributed by atoms with van der Waals surface area (Å²) in [6.07, 6.45) is 0.754. The molecule has 102 valence electrons. The Morgan fingerprint density at radius 3 is 2.44 bits per heavy atom. The molecular formula is C12H19ClN2O2S. The van der Waals surface area contributed by atoms with E-state index in [1.54, 1.807) is 6.07 Å². The van der Waals surface area contributed by atoms with Crippen LogP contribution in [0.2, 0.25) is 5.02 Å². The third kappa shape index (κ3) is 3.16. The third-order valence-corrected chi connectivity index (χ3v) is 5.12. The van der Waals surface area contributed by atoms with E-state index in [0.717, 1.165) is 6.42 Å². The van der Waals surface area contributed by atoms with Gasteiger partial charge in [-0.05, 0) is 38.5 Å². The van der Waals surface area contributed by atoms with Crippen molar-refractivity contribution in [1.82, 2.24) is 4.31 Å². The molecule has 0 aliphatic heterocycles. The monoisotopic (exact) mass is 290 g/mol. The topological polar surface area (TPSA) is 63.4 Å². The van der Waals surface area contributed by atoms with Crippen molar-refractivity contribution >= 4 is 27.3 Å². The summed E-state index contributed by atoms with van der Waals surface area (Å²) in [6.45, 7) is 6.10. The van der Waals surface area contributed by atoms with Crippen LogP contribution in [0.1, 0.15) is 27.2 Å². The van der Waals surface area contributed by atoms with Crippen LogP contribution < -0.4 is 5.73 Å². The SMILES string of the molecule is CCCN(C(C)C)S(=O)(=O)c1ccc(N)cc1Cl. The van der Waals surface area contributed by atoms with E-state index in [9.17, 15) is 8.42 Å². The molecule has 4 nitrogen and oxygen atoms in total. The summed E-state index contributed by atoms with van der Waals surface area (Å²) in [5.41, 5.74) is 6.02. The Kier molecular flexibility index (Phi) is 5.01. The first-order chi connectivity index (χ1) is 8.30. The lowest BCUT2D eigenvalue weighted by Crippen LogP contribution is -2.37. The zero-order valence-electron chi connectivity index (χ0n) is 10.9. The Hall–Kier alpha value is -0.780. The lowest BCUT2D eigenvalue weighted by atomic mass is 10.3. The van der Waals surface area contributed by atoms with Crippen LogP contribution in [-0.2, 0) is 10.0 Å². The second-order valence-electron chi connectivity index (χ2n) is 4.40. The van der Waals surface area contributed by atoms with Crippen LogP contribution in [0.5, 0.6) is 0 Å². The van der Waals surface area contributed by atoms with Crippen molar-refractivity contribution in [2.75, 3.05) is 12.3 Å². The molecule has 0 saturated carbocycles. The van der Waals surface area contributed by atoms with Gasteiger partial charge < -0.3 is 5.73 Å². The van der Waals surface area contributed by atoms with Crippen molar-refractivity contribution in [2.45, 2.75) is 38.1 Å². The normalized spacial score (nSPS) is 12.3. The van der Waals surface area contributed by atoms with E-state index < -0.39 is 10.0 Å². The van der Waals surface area contributed by atoms with E-state index in [1.807, 2.05) is 20.8 Å². The summed E-state index contributed by atoms with van der Waals surface area (Å²) < 4.78 is 26.4. The molecule has 0 amide bonds. The molecule has 0 bridgehead atoms. The van der Waals surface area contributed by atoms with Crippen LogP contribution in [0.3, 0.4) is 0 Å². The summed E-state index contributed by atoms with van der Waals surface area (Å²) >= 11 is 5.98. The van der Waals surface area contributed by atoms with Crippen LogP contribution in [0.25, 0.3) is 0 Å². The molecular weight excluding hydrogens is 272 g/mol. The number of nitrogen functional groups attached to an aromatic ring is 1. The number of hydrogen-bond donors (Lipinski definition) is 1. The molecule has 0 aromatic heterocycles. The molecule has 0 spiro atoms. The highest BCUT2D eigenvalue weighted by atomic mass is 35.5. The lowest BCUT2D eigenvalue weighted by Gasteiger charge is -2.25. The standard InChI is InChI=1S/C12H19ClN2O2S/c1-4-7-15(9(2)3)18(16,17)12-6-5-10(14)8-11(12)13/h5-6,8-9H,4,7,14H2,1-3H3. The molecule has 18 heavy (non-hydrogen) atoms. The minimum atomic E-state index is -3.56. The van der Waals surface area contributed by atoms with Gasteiger partial charge in [0.25, 0.3) is 0 Å². The van der Waals surface area contributed by atoms with Gasteiger partial charge in [-0.15, -0.1) is 0 Å². The van der Waals surface area contributed by atoms with Gasteiger partial charge in [0.05, 0.1) is 5.02 Å². The maximum Gasteiger partial charge on any atom is 0.244 e. The number of hydrogen-bond acceptors (Lipinski definition) is 3. The first-order valence-corrected chi connectivity index (χ1v) is 7.69. The summed E-state index contributed by atoms with van der Waals surface area (Å²) in [6, 6.07) is 4.35. The predicted molar refractivity (Wildman–Crippen MR) is 75.2 cm³/mol. The van der Waals surface area contributed by atoms with Gasteiger partial charge in [-0.25, -0.2) is 8.42 Å². The Labute approximate surface area is 114 Å². The fraction of sp³-hybridized carbons (Fsp3) is 0.500. The Morgan fingerprint density at radius 2 is 2.00 bits per heavy atom. The molecule has 0 radical (unpaired) electrons. The van der Waals surface area contributed by atoms with Crippen LogP contribution in [0.15, 0.2) is 23.1 Å². The number of rotatable bonds is 5. The van der Waals surface area contributed by atoms with Crippen LogP contribution in [0, 0.1) is 0 Å². The summed E-state index contributed by atoms with van der Waals surface area (Å²) in [5.74, 6) is 0. The van der Waals surface area contributed by atoms with Gasteiger partial charge >= 0.3 is 0 Å². The maximum atomic E-state index is 12.5. The van der Waals surface area contributed by atoms with E-state index in [1.165, 1.54) is 16.4 Å². The van der Waals surface area contributed by atoms with Gasteiger partial charge in [-0.2, -0.15) is 4.31 Å². The molecule has 0 saturated heterocycles. The average molecular weight is 291 g/mol. The van der Waals surface area contributed by atoms with Crippen molar-refractivity contribution in [1.29, 1.82) is 0 Å². The van der Waals surface area contributed by atoms with Crippen molar-refractivity contribution in [3.8, 4) is 0 Å². The molecule has 0 fully saturated rings. The summed E-state index contributed by atoms with van der Waals surface area (Å²) in [7, 11) is -3.56. The molecule has 0 heterocycles. The molecule has 0 atom stereocenters. The number of halogens is 1. The van der Waals surface area contributed by atoms with Gasteiger partial charge in [0, 0.05) is 18.3 Å². The molecule has 1 aromatic rings. The van der Waals surface area contributed by atoms with Crippen molar-refractivity contribution in [2.24, 2.45) is 0 Å². The summed E-state index contributed by atoms with van der Waals surface area (Å²) in [5, 5.41) is 0.164. The minimum Gasteiger partial charge on any atom is -0.399 e. The van der Waals surface area contributed by atoms with Crippen molar-refractivity contribution in [3.63, 3.8) is 0 Å². The predicted octanol–water partition coefficient (Wildman–Crippen LogP) is 2.73. The lowest BCUT2D eigenvalue weighted by molar-refractivity contribution is 0.354. The van der Waals surface area contributed by atoms with Crippen LogP contribution in [0.4, 0.5) is 5.69 Å². The van der Waals surface area contributed by atoms with Crippen LogP contribution in [-0.4, -0.2) is 25.3 Å². The van der Waals surface area contributed by atoms with Crippen molar-refractivity contribution < 1.29 is 8.42 Å². The van der Waals surface area contributed by atoms with Gasteiger partial charge in [0.2, 0.25) is 10.0 Å². The highest BCUT2D eigenvalue weighted by molar-refractivity contribution is 7.89. The molecule has 1 aromatic carbocycles. The first kappa shape index (κ1) is 15.3. The Morgan fingerprint density at radius 1 is 1.39 bits per heavy atom. The van der Waals surface area contributed by atoms with Crippen molar-refractivity contribution in [3.05, 3.63) is 23.2 Å². The fourth-order valence-electron chi connectivity index (χ4n) is 1.73. The average Bonchev–Trinajstić information content (AvgIpc) is 2.24. The smallest absolute Gasteiger partial charge is 0.244 e. The minimum absolute atomic E-state index is 0.108. The van der Waals surface area contributed by atoms with E-state index in [-0.39, 0.29) is 16.0 Å². The number of anilines is 1. The van der Waals surface area contributed by atoms with Gasteiger partial charge in [0.1, 0.15) is 4.90 Å². The second kappa shape index (κ2) is 5.91. The number of nitrogens with zero attached hydrogens (tertiary/aromatic N) is 1. The van der Waals surface area contributed by atoms with E-state index in [4.69, 9.17) is 17.3 Å². The van der Waals surface area contributed by atoms with Gasteiger partial charge in [-0.3, -0.25) is 0 Å². The molecule has 2 N–H and O–H groups in total. The van der Waals surface area contributed by atoms with Crippen LogP contribution >= 0.6 is 11.6 Å². The zero-order valence-corrected chi connectivity index (χ0v) is 12.4. The maximum absolute atomic E-state index is 12.5. The number of sulfonamides is 1. The van der Waals surface area contributed by atoms with Gasteiger partial charge in [0.15, 0.2) is 0 Å². The zero-order chi connectivity index (χ0) is 13.9. The first-order valence-electron chi connectivity index (χ1n) is 5.87.